The Morgan fingerprint density at radius 1 is 1.05 bits per heavy atom. The van der Waals surface area contributed by atoms with E-state index < -0.39 is 5.54 Å². The fraction of sp³-hybridized carbons (Fsp3) is 0.483. The topological polar surface area (TPSA) is 91.0 Å². The molecule has 8 nitrogen and oxygen atoms in total. The lowest BCUT2D eigenvalue weighted by molar-refractivity contribution is -0.133. The van der Waals surface area contributed by atoms with Gasteiger partial charge < -0.3 is 20.3 Å². The fourth-order valence-corrected chi connectivity index (χ4v) is 6.01. The molecule has 39 heavy (non-hydrogen) atoms. The Morgan fingerprint density at radius 2 is 1.72 bits per heavy atom. The lowest BCUT2D eigenvalue weighted by atomic mass is 9.87. The summed E-state index contributed by atoms with van der Waals surface area (Å²) in [5.41, 5.74) is 1.13. The van der Waals surface area contributed by atoms with Crippen molar-refractivity contribution >= 4 is 46.4 Å². The number of halogens is 2. The number of nitrogens with zero attached hydrogens (tertiary/aromatic N) is 2. The molecule has 2 aliphatic heterocycles. The van der Waals surface area contributed by atoms with E-state index >= 15 is 0 Å². The van der Waals surface area contributed by atoms with E-state index in [9.17, 15) is 14.4 Å². The number of hydrogen-bond acceptors (Lipinski definition) is 5. The van der Waals surface area contributed by atoms with Crippen molar-refractivity contribution in [2.45, 2.75) is 69.2 Å². The third-order valence-electron chi connectivity index (χ3n) is 8.01. The van der Waals surface area contributed by atoms with Crippen LogP contribution in [0.15, 0.2) is 59.1 Å². The van der Waals surface area contributed by atoms with Crippen molar-refractivity contribution in [1.82, 2.24) is 20.4 Å². The summed E-state index contributed by atoms with van der Waals surface area (Å²) >= 11 is 3.42. The van der Waals surface area contributed by atoms with Crippen molar-refractivity contribution in [3.05, 3.63) is 70.2 Å². The molecule has 2 heterocycles. The van der Waals surface area contributed by atoms with Crippen molar-refractivity contribution in [2.75, 3.05) is 19.6 Å². The van der Waals surface area contributed by atoms with Gasteiger partial charge in [0.05, 0.1) is 12.6 Å². The number of benzene rings is 2. The van der Waals surface area contributed by atoms with Crippen LogP contribution in [0.2, 0.25) is 0 Å². The largest absolute Gasteiger partial charge is 0.446 e. The number of hydrogen-bond donors (Lipinski definition) is 2. The third kappa shape index (κ3) is 7.13. The molecule has 10 heteroatoms. The predicted molar refractivity (Wildman–Crippen MR) is 155 cm³/mol. The second-order valence-electron chi connectivity index (χ2n) is 10.6. The van der Waals surface area contributed by atoms with Crippen LogP contribution in [0.4, 0.5) is 9.59 Å². The highest BCUT2D eigenvalue weighted by molar-refractivity contribution is 9.10. The molecule has 2 N–H and O–H groups in total. The predicted octanol–water partition coefficient (Wildman–Crippen LogP) is 5.56. The first-order chi connectivity index (χ1) is 18.4. The van der Waals surface area contributed by atoms with Crippen LogP contribution < -0.4 is 10.6 Å². The molecule has 3 fully saturated rings. The third-order valence-corrected chi connectivity index (χ3v) is 8.54. The van der Waals surface area contributed by atoms with E-state index in [1.165, 1.54) is 4.90 Å². The standard InChI is InChI=1S/C29H35BrN4O4.ClH/c30-23-12-10-21(11-13-23)20-34-26(35)29(32-27(34)36)15-18-33(19-16-29)17-14-25(22-6-2-1-3-7-22)31-28(37)38-24-8-4-5-9-24;/h1-3,6-7,10-13,24-25H,4-5,8-9,14-20H2,(H,31,37)(H,32,36);1H/t25-;/m0./s1. The molecule has 3 aliphatic rings. The second-order valence-corrected chi connectivity index (χ2v) is 11.5. The molecule has 0 aromatic heterocycles. The molecule has 4 amide bonds. The minimum absolute atomic E-state index is 0. The molecule has 210 valence electrons. The molecule has 1 atom stereocenters. The fourth-order valence-electron chi connectivity index (χ4n) is 5.74. The number of rotatable bonds is 8. The van der Waals surface area contributed by atoms with Crippen LogP contribution in [0.25, 0.3) is 0 Å². The Balaban J connectivity index is 0.00000353. The number of urea groups is 1. The smallest absolute Gasteiger partial charge is 0.407 e. The van der Waals surface area contributed by atoms with Crippen LogP contribution in [0.3, 0.4) is 0 Å². The summed E-state index contributed by atoms with van der Waals surface area (Å²) in [4.78, 5) is 42.3. The number of alkyl carbamates (subject to hydrolysis) is 1. The van der Waals surface area contributed by atoms with Gasteiger partial charge in [-0.2, -0.15) is 0 Å². The molecular formula is C29H36BrClN4O4. The van der Waals surface area contributed by atoms with Crippen LogP contribution in [0.5, 0.6) is 0 Å². The molecule has 1 aliphatic carbocycles. The first-order valence-electron chi connectivity index (χ1n) is 13.5. The summed E-state index contributed by atoms with van der Waals surface area (Å²) in [6, 6.07) is 17.2. The van der Waals surface area contributed by atoms with Gasteiger partial charge in [-0.25, -0.2) is 9.59 Å². The van der Waals surface area contributed by atoms with Crippen molar-refractivity contribution in [3.8, 4) is 0 Å². The zero-order chi connectivity index (χ0) is 26.5. The van der Waals surface area contributed by atoms with E-state index in [1.807, 2.05) is 54.6 Å². The Hall–Kier alpha value is -2.62. The average molecular weight is 620 g/mol. The Labute approximate surface area is 244 Å². The second kappa shape index (κ2) is 13.2. The molecular weight excluding hydrogens is 584 g/mol. The number of piperidine rings is 1. The molecule has 1 spiro atoms. The maximum Gasteiger partial charge on any atom is 0.407 e. The highest BCUT2D eigenvalue weighted by Gasteiger charge is 2.52. The van der Waals surface area contributed by atoms with E-state index in [0.717, 1.165) is 54.2 Å². The Bertz CT molecular complexity index is 1140. The SMILES string of the molecule is Cl.O=C(N[C@@H](CCN1CCC2(CC1)NC(=O)N(Cc1ccc(Br)cc1)C2=O)c1ccccc1)OC1CCCC1. The Kier molecular flexibility index (Phi) is 9.91. The van der Waals surface area contributed by atoms with E-state index in [0.29, 0.717) is 25.9 Å². The van der Waals surface area contributed by atoms with Gasteiger partial charge in [-0.1, -0.05) is 58.4 Å². The average Bonchev–Trinajstić information content (AvgIpc) is 3.51. The number of carbonyl (C=O) groups is 3. The van der Waals surface area contributed by atoms with Crippen LogP contribution in [-0.2, 0) is 16.1 Å². The maximum atomic E-state index is 13.3. The molecule has 1 saturated carbocycles. The summed E-state index contributed by atoms with van der Waals surface area (Å²) < 4.78 is 6.61. The number of imide groups is 1. The van der Waals surface area contributed by atoms with Gasteiger partial charge in [0.25, 0.3) is 5.91 Å². The maximum absolute atomic E-state index is 13.3. The van der Waals surface area contributed by atoms with Gasteiger partial charge in [0.1, 0.15) is 11.6 Å². The Morgan fingerprint density at radius 3 is 2.38 bits per heavy atom. The molecule has 0 unspecified atom stereocenters. The molecule has 2 aromatic rings. The zero-order valence-electron chi connectivity index (χ0n) is 21.9. The first kappa shape index (κ1) is 29.4. The van der Waals surface area contributed by atoms with E-state index in [4.69, 9.17) is 4.74 Å². The van der Waals surface area contributed by atoms with Crippen molar-refractivity contribution in [3.63, 3.8) is 0 Å². The van der Waals surface area contributed by atoms with Gasteiger partial charge in [-0.05, 0) is 68.2 Å². The summed E-state index contributed by atoms with van der Waals surface area (Å²) in [5, 5.41) is 6.09. The minimum atomic E-state index is -0.828. The molecule has 2 saturated heterocycles. The van der Waals surface area contributed by atoms with Gasteiger partial charge in [0.2, 0.25) is 0 Å². The van der Waals surface area contributed by atoms with Crippen LogP contribution in [-0.4, -0.2) is 59.1 Å². The quantitative estimate of drug-likeness (QED) is 0.378. The van der Waals surface area contributed by atoms with Gasteiger partial charge in [0.15, 0.2) is 0 Å². The lowest BCUT2D eigenvalue weighted by Crippen LogP contribution is -2.55. The molecule has 2 aromatic carbocycles. The summed E-state index contributed by atoms with van der Waals surface area (Å²) in [7, 11) is 0. The lowest BCUT2D eigenvalue weighted by Gasteiger charge is -2.37. The monoisotopic (exact) mass is 618 g/mol. The zero-order valence-corrected chi connectivity index (χ0v) is 24.3. The van der Waals surface area contributed by atoms with Gasteiger partial charge in [0, 0.05) is 24.1 Å². The molecule has 0 radical (unpaired) electrons. The summed E-state index contributed by atoms with van der Waals surface area (Å²) in [6.45, 7) is 2.44. The van der Waals surface area contributed by atoms with Crippen LogP contribution >= 0.6 is 28.3 Å². The van der Waals surface area contributed by atoms with E-state index in [2.05, 4.69) is 31.5 Å². The normalized spacial score (nSPS) is 20.0. The highest BCUT2D eigenvalue weighted by Crippen LogP contribution is 2.31. The number of likely N-dealkylation sites (tertiary alicyclic amines) is 1. The molecule has 0 bridgehead atoms. The van der Waals surface area contributed by atoms with Gasteiger partial charge in [-0.3, -0.25) is 9.69 Å². The van der Waals surface area contributed by atoms with Crippen LogP contribution in [0.1, 0.15) is 62.1 Å². The van der Waals surface area contributed by atoms with Gasteiger partial charge >= 0.3 is 12.1 Å². The van der Waals surface area contributed by atoms with Gasteiger partial charge in [-0.15, -0.1) is 12.4 Å². The number of amides is 4. The molecule has 5 rings (SSSR count). The van der Waals surface area contributed by atoms with E-state index in [-0.39, 0.29) is 49.1 Å². The van der Waals surface area contributed by atoms with Crippen molar-refractivity contribution in [2.24, 2.45) is 0 Å². The van der Waals surface area contributed by atoms with Crippen molar-refractivity contribution in [1.29, 1.82) is 0 Å². The number of nitrogens with one attached hydrogen (secondary N) is 2. The number of ether oxygens (including phenoxy) is 1. The van der Waals surface area contributed by atoms with E-state index in [1.54, 1.807) is 0 Å². The summed E-state index contributed by atoms with van der Waals surface area (Å²) in [5.74, 6) is -0.136. The minimum Gasteiger partial charge on any atom is -0.446 e. The van der Waals surface area contributed by atoms with Crippen molar-refractivity contribution < 1.29 is 19.1 Å². The number of carbonyl (C=O) groups excluding carboxylic acids is 3. The summed E-state index contributed by atoms with van der Waals surface area (Å²) in [6.07, 6.45) is 5.64. The highest BCUT2D eigenvalue weighted by atomic mass is 79.9. The first-order valence-corrected chi connectivity index (χ1v) is 14.3. The van der Waals surface area contributed by atoms with Crippen LogP contribution in [0, 0.1) is 0 Å².